The Hall–Kier alpha value is -6.14. The highest BCUT2D eigenvalue weighted by Crippen LogP contribution is 2.34. The second-order valence-electron chi connectivity index (χ2n) is 11.1. The molecule has 0 radical (unpaired) electrons. The maximum absolute atomic E-state index is 14.1. The van der Waals surface area contributed by atoms with Gasteiger partial charge in [-0.3, -0.25) is 9.59 Å². The Labute approximate surface area is 275 Å². The maximum Gasteiger partial charge on any atom is 0.275 e. The van der Waals surface area contributed by atoms with Gasteiger partial charge in [-0.05, 0) is 66.7 Å². The number of fused-ring (bicyclic) bond motifs is 2. The van der Waals surface area contributed by atoms with Crippen molar-refractivity contribution >= 4 is 38.0 Å². The SMILES string of the molecule is COc1ccc(Cn2cc(C(=O)c3ccc(N)cc3)n3cc(-c4cn(S(=O)(=O)c5ccccc5)c5ncccc45)cc3c2=O)c(OC)c1. The van der Waals surface area contributed by atoms with Crippen LogP contribution in [0.1, 0.15) is 21.6 Å². The summed E-state index contributed by atoms with van der Waals surface area (Å²) in [6.07, 6.45) is 6.21. The number of ether oxygens (including phenoxy) is 2. The van der Waals surface area contributed by atoms with E-state index in [4.69, 9.17) is 15.2 Å². The zero-order chi connectivity index (χ0) is 33.6. The summed E-state index contributed by atoms with van der Waals surface area (Å²) in [5, 5.41) is 0.558. The minimum absolute atomic E-state index is 0.101. The Balaban J connectivity index is 1.44. The lowest BCUT2D eigenvalue weighted by molar-refractivity contribution is 0.103. The molecule has 4 heterocycles. The van der Waals surface area contributed by atoms with Crippen molar-refractivity contribution in [1.82, 2.24) is 17.9 Å². The molecule has 2 N–H and O–H groups in total. The first-order chi connectivity index (χ1) is 23.2. The molecular formula is C36H29N5O6S. The van der Waals surface area contributed by atoms with E-state index >= 15 is 0 Å². The fraction of sp³-hybridized carbons (Fsp3) is 0.0833. The van der Waals surface area contributed by atoms with Gasteiger partial charge in [-0.1, -0.05) is 18.2 Å². The van der Waals surface area contributed by atoms with Crippen LogP contribution in [0.5, 0.6) is 11.5 Å². The molecule has 4 aromatic heterocycles. The van der Waals surface area contributed by atoms with Crippen molar-refractivity contribution in [2.24, 2.45) is 0 Å². The lowest BCUT2D eigenvalue weighted by atomic mass is 10.1. The molecule has 3 aromatic carbocycles. The van der Waals surface area contributed by atoms with E-state index in [1.165, 1.54) is 42.4 Å². The number of rotatable bonds is 9. The number of carbonyl (C=O) groups is 1. The van der Waals surface area contributed by atoms with Gasteiger partial charge in [0.25, 0.3) is 15.6 Å². The summed E-state index contributed by atoms with van der Waals surface area (Å²) in [5.74, 6) is 0.772. The van der Waals surface area contributed by atoms with Crippen LogP contribution < -0.4 is 20.8 Å². The van der Waals surface area contributed by atoms with Crippen LogP contribution in [0.25, 0.3) is 27.7 Å². The van der Waals surface area contributed by atoms with Crippen molar-refractivity contribution in [3.63, 3.8) is 0 Å². The number of nitrogens with zero attached hydrogens (tertiary/aromatic N) is 4. The number of anilines is 1. The maximum atomic E-state index is 14.1. The van der Waals surface area contributed by atoms with Crippen LogP contribution in [0, 0.1) is 0 Å². The smallest absolute Gasteiger partial charge is 0.275 e. The van der Waals surface area contributed by atoms with Gasteiger partial charge in [-0.25, -0.2) is 17.4 Å². The Morgan fingerprint density at radius 1 is 0.875 bits per heavy atom. The molecule has 0 saturated heterocycles. The Morgan fingerprint density at radius 3 is 2.38 bits per heavy atom. The Bertz CT molecular complexity index is 2520. The zero-order valence-corrected chi connectivity index (χ0v) is 26.7. The molecule has 0 spiro atoms. The molecule has 0 aliphatic heterocycles. The largest absolute Gasteiger partial charge is 0.497 e. The number of benzene rings is 3. The first-order valence-corrected chi connectivity index (χ1v) is 16.3. The molecular weight excluding hydrogens is 630 g/mol. The quantitative estimate of drug-likeness (QED) is 0.164. The van der Waals surface area contributed by atoms with Gasteiger partial charge < -0.3 is 24.2 Å². The van der Waals surface area contributed by atoms with Crippen LogP contribution in [0.15, 0.2) is 125 Å². The molecule has 0 amide bonds. The zero-order valence-electron chi connectivity index (χ0n) is 25.9. The minimum atomic E-state index is -4.01. The van der Waals surface area contributed by atoms with Crippen LogP contribution in [-0.4, -0.2) is 46.3 Å². The molecule has 0 aliphatic carbocycles. The number of carbonyl (C=O) groups excluding carboxylic acids is 1. The number of ketones is 1. The van der Waals surface area contributed by atoms with E-state index in [1.807, 2.05) is 0 Å². The van der Waals surface area contributed by atoms with Crippen LogP contribution in [0.2, 0.25) is 0 Å². The number of pyridine rings is 1. The lowest BCUT2D eigenvalue weighted by Gasteiger charge is -2.14. The summed E-state index contributed by atoms with van der Waals surface area (Å²) in [6.45, 7) is 0.101. The van der Waals surface area contributed by atoms with Crippen molar-refractivity contribution in [1.29, 1.82) is 0 Å². The van der Waals surface area contributed by atoms with Gasteiger partial charge in [0.2, 0.25) is 5.78 Å². The third-order valence-corrected chi connectivity index (χ3v) is 9.89. The van der Waals surface area contributed by atoms with E-state index in [2.05, 4.69) is 4.98 Å². The lowest BCUT2D eigenvalue weighted by Crippen LogP contribution is -2.25. The highest BCUT2D eigenvalue weighted by Gasteiger charge is 2.25. The second-order valence-corrected chi connectivity index (χ2v) is 12.9. The van der Waals surface area contributed by atoms with Gasteiger partial charge in [0.05, 0.1) is 25.7 Å². The van der Waals surface area contributed by atoms with Crippen LogP contribution in [-0.2, 0) is 16.6 Å². The number of hydrogen-bond acceptors (Lipinski definition) is 8. The van der Waals surface area contributed by atoms with E-state index < -0.39 is 10.0 Å². The monoisotopic (exact) mass is 659 g/mol. The average Bonchev–Trinajstić information content (AvgIpc) is 3.73. The molecule has 0 atom stereocenters. The van der Waals surface area contributed by atoms with Gasteiger partial charge in [0.15, 0.2) is 5.65 Å². The minimum Gasteiger partial charge on any atom is -0.497 e. The summed E-state index contributed by atoms with van der Waals surface area (Å²) in [5.41, 5.74) is 8.81. The Kier molecular flexibility index (Phi) is 7.56. The number of nitrogen functional groups attached to an aromatic ring is 1. The first kappa shape index (κ1) is 30.5. The molecule has 0 unspecified atom stereocenters. The average molecular weight is 660 g/mol. The normalized spacial score (nSPS) is 11.6. The number of aromatic nitrogens is 4. The van der Waals surface area contributed by atoms with Crippen molar-refractivity contribution in [2.45, 2.75) is 11.4 Å². The predicted octanol–water partition coefficient (Wildman–Crippen LogP) is 5.23. The molecule has 240 valence electrons. The highest BCUT2D eigenvalue weighted by molar-refractivity contribution is 7.90. The van der Waals surface area contributed by atoms with Crippen LogP contribution in [0.3, 0.4) is 0 Å². The Morgan fingerprint density at radius 2 is 1.65 bits per heavy atom. The third kappa shape index (κ3) is 5.17. The molecule has 0 aliphatic rings. The fourth-order valence-electron chi connectivity index (χ4n) is 5.77. The molecule has 0 fully saturated rings. The van der Waals surface area contributed by atoms with Crippen molar-refractivity contribution in [2.75, 3.05) is 20.0 Å². The second kappa shape index (κ2) is 11.9. The van der Waals surface area contributed by atoms with Gasteiger partial charge in [-0.2, -0.15) is 0 Å². The van der Waals surface area contributed by atoms with E-state index in [0.717, 1.165) is 3.97 Å². The summed E-state index contributed by atoms with van der Waals surface area (Å²) in [7, 11) is -0.926. The molecule has 0 bridgehead atoms. The molecule has 0 saturated carbocycles. The van der Waals surface area contributed by atoms with Gasteiger partial charge >= 0.3 is 0 Å². The summed E-state index contributed by atoms with van der Waals surface area (Å²) in [4.78, 5) is 32.6. The van der Waals surface area contributed by atoms with E-state index in [9.17, 15) is 18.0 Å². The van der Waals surface area contributed by atoms with Gasteiger partial charge in [-0.15, -0.1) is 0 Å². The summed E-state index contributed by atoms with van der Waals surface area (Å²) in [6, 6.07) is 25.1. The number of nitrogens with two attached hydrogens (primary N) is 1. The van der Waals surface area contributed by atoms with Crippen LogP contribution in [0.4, 0.5) is 5.69 Å². The fourth-order valence-corrected chi connectivity index (χ4v) is 7.12. The topological polar surface area (TPSA) is 140 Å². The van der Waals surface area contributed by atoms with Crippen molar-refractivity contribution < 1.29 is 22.7 Å². The third-order valence-electron chi connectivity index (χ3n) is 8.22. The summed E-state index contributed by atoms with van der Waals surface area (Å²) >= 11 is 0. The number of methoxy groups -OCH3 is 2. The van der Waals surface area contributed by atoms with Crippen LogP contribution >= 0.6 is 0 Å². The van der Waals surface area contributed by atoms with E-state index in [1.54, 1.807) is 96.6 Å². The van der Waals surface area contributed by atoms with Gasteiger partial charge in [0.1, 0.15) is 22.7 Å². The van der Waals surface area contributed by atoms with Gasteiger partial charge in [0, 0.05) is 64.2 Å². The number of hydrogen-bond donors (Lipinski definition) is 1. The molecule has 7 aromatic rings. The molecule has 11 nitrogen and oxygen atoms in total. The standard InChI is InChI=1S/C36H29N5O6S/c1-46-27-15-12-24(33(18-27)47-2)19-39-22-32(34(42)23-10-13-26(37)14-11-23)40-20-25(17-31(40)36(39)43)30-21-41(35-29(30)9-6-16-38-35)48(44,45)28-7-4-3-5-8-28/h3-18,20-22H,19,37H2,1-2H3. The molecule has 7 rings (SSSR count). The highest BCUT2D eigenvalue weighted by atomic mass is 32.2. The van der Waals surface area contributed by atoms with Crippen molar-refractivity contribution in [3.05, 3.63) is 143 Å². The van der Waals surface area contributed by atoms with Crippen molar-refractivity contribution in [3.8, 4) is 22.6 Å². The molecule has 48 heavy (non-hydrogen) atoms. The van der Waals surface area contributed by atoms with E-state index in [-0.39, 0.29) is 39.6 Å². The van der Waals surface area contributed by atoms with E-state index in [0.29, 0.717) is 44.8 Å². The predicted molar refractivity (Wildman–Crippen MR) is 182 cm³/mol. The summed E-state index contributed by atoms with van der Waals surface area (Å²) < 4.78 is 42.5. The first-order valence-electron chi connectivity index (χ1n) is 14.8. The molecule has 12 heteroatoms.